The van der Waals surface area contributed by atoms with Gasteiger partial charge in [-0.25, -0.2) is 23.2 Å². The molecular weight excluding hydrogens is 545 g/mol. The van der Waals surface area contributed by atoms with E-state index < -0.39 is 33.4 Å². The molecule has 34 heavy (non-hydrogen) atoms. The molecule has 3 rings (SSSR count). The van der Waals surface area contributed by atoms with Crippen LogP contribution in [0.25, 0.3) is 17.2 Å². The van der Waals surface area contributed by atoms with Crippen LogP contribution in [0.4, 0.5) is 15.0 Å². The first-order valence-electron chi connectivity index (χ1n) is 9.47. The van der Waals surface area contributed by atoms with E-state index in [1.54, 1.807) is 0 Å². The molecule has 184 valence electrons. The van der Waals surface area contributed by atoms with Gasteiger partial charge in [-0.15, -0.1) is 0 Å². The van der Waals surface area contributed by atoms with E-state index >= 15 is 0 Å². The third-order valence-electron chi connectivity index (χ3n) is 4.19. The van der Waals surface area contributed by atoms with Gasteiger partial charge in [0.1, 0.15) is 5.82 Å². The standard InChI is InChI=1S/C17H19BrFN7O7S/c1-17(2,3)26(15(27)28)34(30,31)21-7-6-20-13-12(22-33-23-13)14-24-32-16(29)25(14)9-4-5-11(19)10(18)8-9/h4-5,8,21H,6-7H2,1-3H3,(H,20,23)(H,27,28). The van der Waals surface area contributed by atoms with Gasteiger partial charge in [-0.2, -0.15) is 17.4 Å². The van der Waals surface area contributed by atoms with Crippen LogP contribution >= 0.6 is 15.9 Å². The van der Waals surface area contributed by atoms with Crippen molar-refractivity contribution < 1.29 is 31.9 Å². The summed E-state index contributed by atoms with van der Waals surface area (Å²) in [6.45, 7) is 4.00. The van der Waals surface area contributed by atoms with Crippen LogP contribution in [0.1, 0.15) is 20.8 Å². The van der Waals surface area contributed by atoms with Crippen molar-refractivity contribution in [3.63, 3.8) is 0 Å². The highest BCUT2D eigenvalue weighted by atomic mass is 79.9. The number of halogens is 2. The molecule has 0 bridgehead atoms. The number of carbonyl (C=O) groups is 1. The van der Waals surface area contributed by atoms with Crippen molar-refractivity contribution in [1.82, 2.24) is 29.1 Å². The molecule has 0 aliphatic rings. The largest absolute Gasteiger partial charge is 0.464 e. The number of nitrogens with zero attached hydrogens (tertiary/aromatic N) is 5. The Hall–Kier alpha value is -3.31. The zero-order valence-corrected chi connectivity index (χ0v) is 20.3. The van der Waals surface area contributed by atoms with Crippen molar-refractivity contribution >= 4 is 38.1 Å². The van der Waals surface area contributed by atoms with E-state index in [0.717, 1.165) is 10.6 Å². The highest BCUT2D eigenvalue weighted by Crippen LogP contribution is 2.26. The molecule has 0 radical (unpaired) electrons. The maximum absolute atomic E-state index is 13.6. The first-order chi connectivity index (χ1) is 15.8. The van der Waals surface area contributed by atoms with Gasteiger partial charge < -0.3 is 10.4 Å². The number of hydrogen-bond acceptors (Lipinski definition) is 10. The predicted molar refractivity (Wildman–Crippen MR) is 118 cm³/mol. The molecule has 17 heteroatoms. The minimum atomic E-state index is -4.35. The Morgan fingerprint density at radius 1 is 1.26 bits per heavy atom. The first kappa shape index (κ1) is 25.3. The fourth-order valence-corrected chi connectivity index (χ4v) is 4.66. The molecule has 0 aliphatic heterocycles. The van der Waals surface area contributed by atoms with E-state index in [4.69, 9.17) is 9.15 Å². The second kappa shape index (κ2) is 9.51. The minimum Gasteiger partial charge on any atom is -0.464 e. The van der Waals surface area contributed by atoms with Crippen molar-refractivity contribution in [2.45, 2.75) is 26.3 Å². The fraction of sp³-hybridized carbons (Fsp3) is 0.353. The lowest BCUT2D eigenvalue weighted by Crippen LogP contribution is -2.53. The SMILES string of the molecule is CC(C)(C)N(C(=O)O)S(=O)(=O)NCCNc1nonc1-c1noc(=O)n1-c1ccc(F)c(Br)c1. The molecule has 0 saturated heterocycles. The van der Waals surface area contributed by atoms with Gasteiger partial charge in [0.15, 0.2) is 5.69 Å². The van der Waals surface area contributed by atoms with E-state index in [-0.39, 0.29) is 40.6 Å². The summed E-state index contributed by atoms with van der Waals surface area (Å²) in [5, 5.41) is 23.0. The van der Waals surface area contributed by atoms with Gasteiger partial charge in [0.2, 0.25) is 11.6 Å². The summed E-state index contributed by atoms with van der Waals surface area (Å²) >= 11 is 3.04. The molecule has 3 aromatic rings. The Labute approximate surface area is 200 Å². The number of anilines is 1. The number of benzene rings is 1. The van der Waals surface area contributed by atoms with Gasteiger partial charge in [0, 0.05) is 13.1 Å². The van der Waals surface area contributed by atoms with Crippen LogP contribution < -0.4 is 15.8 Å². The van der Waals surface area contributed by atoms with Crippen molar-refractivity contribution in [1.29, 1.82) is 0 Å². The van der Waals surface area contributed by atoms with E-state index in [0.29, 0.717) is 4.31 Å². The molecule has 0 atom stereocenters. The second-order valence-corrected chi connectivity index (χ2v) is 10.2. The summed E-state index contributed by atoms with van der Waals surface area (Å²) in [7, 11) is -4.35. The number of aromatic nitrogens is 4. The van der Waals surface area contributed by atoms with Crippen LogP contribution in [-0.4, -0.2) is 62.6 Å². The number of hydrogen-bond donors (Lipinski definition) is 3. The average Bonchev–Trinajstić information content (AvgIpc) is 3.31. The Bertz CT molecular complexity index is 1360. The van der Waals surface area contributed by atoms with Gasteiger partial charge in [-0.1, -0.05) is 5.16 Å². The van der Waals surface area contributed by atoms with Crippen LogP contribution in [0.5, 0.6) is 0 Å². The van der Waals surface area contributed by atoms with Crippen LogP contribution in [0, 0.1) is 5.82 Å². The fourth-order valence-electron chi connectivity index (χ4n) is 2.88. The summed E-state index contributed by atoms with van der Waals surface area (Å²) in [4.78, 5) is 23.6. The third kappa shape index (κ3) is 5.26. The Morgan fingerprint density at radius 2 is 1.97 bits per heavy atom. The topological polar surface area (TPSA) is 186 Å². The van der Waals surface area contributed by atoms with E-state index in [1.807, 2.05) is 0 Å². The van der Waals surface area contributed by atoms with Crippen molar-refractivity contribution in [3.8, 4) is 17.2 Å². The molecule has 0 spiro atoms. The lowest BCUT2D eigenvalue weighted by atomic mass is 10.1. The predicted octanol–water partition coefficient (Wildman–Crippen LogP) is 1.80. The first-order valence-corrected chi connectivity index (χ1v) is 11.7. The number of carboxylic acid groups (broad SMARTS) is 1. The van der Waals surface area contributed by atoms with Crippen molar-refractivity contribution in [2.24, 2.45) is 0 Å². The summed E-state index contributed by atoms with van der Waals surface area (Å²) in [6.07, 6.45) is -1.63. The lowest BCUT2D eigenvalue weighted by molar-refractivity contribution is 0.145. The van der Waals surface area contributed by atoms with E-state index in [1.165, 1.54) is 32.9 Å². The third-order valence-corrected chi connectivity index (χ3v) is 6.55. The van der Waals surface area contributed by atoms with Crippen LogP contribution in [-0.2, 0) is 10.2 Å². The van der Waals surface area contributed by atoms with Gasteiger partial charge in [-0.05, 0) is 65.2 Å². The van der Waals surface area contributed by atoms with Gasteiger partial charge in [0.05, 0.1) is 15.7 Å². The summed E-state index contributed by atoms with van der Waals surface area (Å²) < 4.78 is 51.4. The number of rotatable bonds is 8. The second-order valence-electron chi connectivity index (χ2n) is 7.71. The molecule has 14 nitrogen and oxygen atoms in total. The minimum absolute atomic E-state index is 0.00617. The zero-order chi connectivity index (χ0) is 25.3. The molecule has 1 aromatic carbocycles. The van der Waals surface area contributed by atoms with Crippen LogP contribution in [0.2, 0.25) is 0 Å². The molecule has 0 fully saturated rings. The molecule has 3 N–H and O–H groups in total. The average molecular weight is 564 g/mol. The molecule has 0 unspecified atom stereocenters. The number of amides is 1. The quantitative estimate of drug-likeness (QED) is 0.339. The molecule has 0 saturated carbocycles. The Kier molecular flexibility index (Phi) is 7.08. The van der Waals surface area contributed by atoms with Crippen molar-refractivity contribution in [3.05, 3.63) is 39.0 Å². The zero-order valence-electron chi connectivity index (χ0n) is 17.9. The molecule has 1 amide bonds. The lowest BCUT2D eigenvalue weighted by Gasteiger charge is -2.31. The molecular formula is C17H19BrFN7O7S. The highest BCUT2D eigenvalue weighted by molar-refractivity contribution is 9.10. The van der Waals surface area contributed by atoms with Gasteiger partial charge in [-0.3, -0.25) is 4.52 Å². The maximum atomic E-state index is 13.6. The van der Waals surface area contributed by atoms with Gasteiger partial charge in [0.25, 0.3) is 0 Å². The molecule has 2 aromatic heterocycles. The molecule has 2 heterocycles. The Morgan fingerprint density at radius 3 is 2.59 bits per heavy atom. The smallest absolute Gasteiger partial charge is 0.446 e. The maximum Gasteiger partial charge on any atom is 0.446 e. The monoisotopic (exact) mass is 563 g/mol. The Balaban J connectivity index is 1.77. The van der Waals surface area contributed by atoms with E-state index in [2.05, 4.69) is 41.4 Å². The van der Waals surface area contributed by atoms with Crippen molar-refractivity contribution in [2.75, 3.05) is 18.4 Å². The molecule has 0 aliphatic carbocycles. The summed E-state index contributed by atoms with van der Waals surface area (Å²) in [6, 6.07) is 3.78. The van der Waals surface area contributed by atoms with Gasteiger partial charge >= 0.3 is 22.1 Å². The van der Waals surface area contributed by atoms with Crippen LogP contribution in [0.3, 0.4) is 0 Å². The summed E-state index contributed by atoms with van der Waals surface area (Å²) in [5.41, 5.74) is -1.04. The number of nitrogens with one attached hydrogen (secondary N) is 2. The van der Waals surface area contributed by atoms with E-state index in [9.17, 15) is 27.5 Å². The normalized spacial score (nSPS) is 12.0. The van der Waals surface area contributed by atoms with Crippen LogP contribution in [0.15, 0.2) is 36.6 Å². The summed E-state index contributed by atoms with van der Waals surface area (Å²) in [5.74, 6) is -1.55. The highest BCUT2D eigenvalue weighted by Gasteiger charge is 2.37.